The van der Waals surface area contributed by atoms with E-state index in [1.54, 1.807) is 12.1 Å². The van der Waals surface area contributed by atoms with Gasteiger partial charge < -0.3 is 10.4 Å². The van der Waals surface area contributed by atoms with E-state index in [-0.39, 0.29) is 11.7 Å². The zero-order valence-electron chi connectivity index (χ0n) is 11.1. The van der Waals surface area contributed by atoms with Crippen LogP contribution in [-0.2, 0) is 19.3 Å². The maximum atomic E-state index is 12.1. The summed E-state index contributed by atoms with van der Waals surface area (Å²) in [6.45, 7) is 0.484. The summed E-state index contributed by atoms with van der Waals surface area (Å²) >= 11 is 0. The second-order valence-corrected chi connectivity index (χ2v) is 5.02. The Balaban J connectivity index is 1.59. The van der Waals surface area contributed by atoms with Gasteiger partial charge in [0.15, 0.2) is 5.69 Å². The van der Waals surface area contributed by atoms with E-state index in [4.69, 9.17) is 0 Å². The highest BCUT2D eigenvalue weighted by molar-refractivity contribution is 5.94. The normalized spacial score (nSPS) is 13.2. The van der Waals surface area contributed by atoms with Gasteiger partial charge >= 0.3 is 0 Å². The summed E-state index contributed by atoms with van der Waals surface area (Å²) in [4.78, 5) is 12.1. The van der Waals surface area contributed by atoms with E-state index < -0.39 is 0 Å². The molecule has 1 aliphatic rings. The van der Waals surface area contributed by atoms with E-state index in [1.807, 2.05) is 12.1 Å². The van der Waals surface area contributed by atoms with Gasteiger partial charge in [-0.3, -0.25) is 9.89 Å². The first-order valence-electron chi connectivity index (χ1n) is 6.87. The third-order valence-corrected chi connectivity index (χ3v) is 3.69. The minimum absolute atomic E-state index is 0.139. The molecule has 3 rings (SSSR count). The largest absolute Gasteiger partial charge is 0.508 e. The van der Waals surface area contributed by atoms with Crippen molar-refractivity contribution in [3.8, 4) is 5.75 Å². The van der Waals surface area contributed by atoms with Crippen LogP contribution in [0.5, 0.6) is 5.75 Å². The fourth-order valence-electron chi connectivity index (χ4n) is 2.62. The van der Waals surface area contributed by atoms with Gasteiger partial charge in [-0.15, -0.1) is 0 Å². The van der Waals surface area contributed by atoms with Gasteiger partial charge in [0.2, 0.25) is 0 Å². The number of hydrogen-bond acceptors (Lipinski definition) is 3. The molecule has 0 saturated heterocycles. The van der Waals surface area contributed by atoms with E-state index in [1.165, 1.54) is 0 Å². The minimum atomic E-state index is -0.139. The Hall–Kier alpha value is -2.30. The van der Waals surface area contributed by atoms with Crippen LogP contribution in [-0.4, -0.2) is 27.8 Å². The highest BCUT2D eigenvalue weighted by Gasteiger charge is 2.22. The lowest BCUT2D eigenvalue weighted by Gasteiger charge is -2.06. The van der Waals surface area contributed by atoms with E-state index in [0.29, 0.717) is 18.7 Å². The molecule has 0 unspecified atom stereocenters. The molecule has 3 N–H and O–H groups in total. The van der Waals surface area contributed by atoms with Gasteiger partial charge in [0.25, 0.3) is 5.91 Å². The molecule has 104 valence electrons. The Morgan fingerprint density at radius 1 is 1.35 bits per heavy atom. The molecule has 0 aliphatic heterocycles. The number of amides is 1. The van der Waals surface area contributed by atoms with Gasteiger partial charge in [0.05, 0.1) is 0 Å². The van der Waals surface area contributed by atoms with Gasteiger partial charge in [0, 0.05) is 17.8 Å². The summed E-state index contributed by atoms with van der Waals surface area (Å²) in [5.74, 6) is 0.127. The van der Waals surface area contributed by atoms with Crippen LogP contribution < -0.4 is 5.32 Å². The lowest BCUT2D eigenvalue weighted by molar-refractivity contribution is 0.0948. The van der Waals surface area contributed by atoms with Crippen LogP contribution in [0.4, 0.5) is 0 Å². The molecule has 0 bridgehead atoms. The Morgan fingerprint density at radius 2 is 2.20 bits per heavy atom. The number of rotatable bonds is 4. The average molecular weight is 271 g/mol. The van der Waals surface area contributed by atoms with Crippen molar-refractivity contribution in [3.63, 3.8) is 0 Å². The predicted octanol–water partition coefficient (Wildman–Crippen LogP) is 1.58. The third kappa shape index (κ3) is 2.39. The molecule has 1 amide bonds. The van der Waals surface area contributed by atoms with E-state index >= 15 is 0 Å². The quantitative estimate of drug-likeness (QED) is 0.790. The summed E-state index contributed by atoms with van der Waals surface area (Å²) in [5.41, 5.74) is 3.51. The number of nitrogens with zero attached hydrogens (tertiary/aromatic N) is 1. The van der Waals surface area contributed by atoms with Gasteiger partial charge in [-0.2, -0.15) is 5.10 Å². The van der Waals surface area contributed by atoms with E-state index in [9.17, 15) is 9.90 Å². The van der Waals surface area contributed by atoms with Crippen LogP contribution in [0, 0.1) is 0 Å². The molecule has 2 aromatic rings. The average Bonchev–Trinajstić information content (AvgIpc) is 3.03. The molecule has 1 aromatic heterocycles. The number of phenolic OH excluding ortho intramolecular Hbond substituents is 1. The second kappa shape index (κ2) is 5.36. The monoisotopic (exact) mass is 271 g/mol. The number of carbonyl (C=O) groups excluding carboxylic acids is 1. The van der Waals surface area contributed by atoms with Crippen molar-refractivity contribution in [3.05, 3.63) is 46.8 Å². The fraction of sp³-hybridized carbons (Fsp3) is 0.333. The molecule has 5 nitrogen and oxygen atoms in total. The smallest absolute Gasteiger partial charge is 0.272 e. The van der Waals surface area contributed by atoms with Crippen LogP contribution in [0.2, 0.25) is 0 Å². The number of aromatic nitrogens is 2. The molecule has 1 aromatic carbocycles. The number of carbonyl (C=O) groups is 1. The number of hydrogen-bond donors (Lipinski definition) is 3. The van der Waals surface area contributed by atoms with E-state index in [2.05, 4.69) is 15.5 Å². The molecule has 0 fully saturated rings. The Kier molecular flexibility index (Phi) is 3.41. The fourth-order valence-corrected chi connectivity index (χ4v) is 2.62. The van der Waals surface area contributed by atoms with Gasteiger partial charge in [-0.1, -0.05) is 18.2 Å². The number of phenols is 1. The molecule has 1 heterocycles. The van der Waals surface area contributed by atoms with E-state index in [0.717, 1.165) is 36.1 Å². The molecular formula is C15H17N3O2. The lowest BCUT2D eigenvalue weighted by Crippen LogP contribution is -2.26. The predicted molar refractivity (Wildman–Crippen MR) is 74.8 cm³/mol. The van der Waals surface area contributed by atoms with Crippen molar-refractivity contribution in [1.82, 2.24) is 15.5 Å². The van der Waals surface area contributed by atoms with Crippen molar-refractivity contribution in [2.45, 2.75) is 25.7 Å². The number of nitrogens with one attached hydrogen (secondary N) is 2. The van der Waals surface area contributed by atoms with Crippen molar-refractivity contribution in [2.75, 3.05) is 6.54 Å². The lowest BCUT2D eigenvalue weighted by atomic mass is 10.1. The number of aromatic hydroxyl groups is 1. The molecular weight excluding hydrogens is 254 g/mol. The summed E-state index contributed by atoms with van der Waals surface area (Å²) in [6, 6.07) is 7.16. The summed E-state index contributed by atoms with van der Waals surface area (Å²) in [5, 5.41) is 19.5. The van der Waals surface area contributed by atoms with Crippen LogP contribution in [0.15, 0.2) is 24.3 Å². The molecule has 20 heavy (non-hydrogen) atoms. The van der Waals surface area contributed by atoms with Crippen LogP contribution in [0.25, 0.3) is 0 Å². The van der Waals surface area contributed by atoms with Gasteiger partial charge in [0.1, 0.15) is 5.75 Å². The zero-order chi connectivity index (χ0) is 13.9. The minimum Gasteiger partial charge on any atom is -0.508 e. The Labute approximate surface area is 117 Å². The molecule has 0 saturated carbocycles. The number of aromatic amines is 1. The van der Waals surface area contributed by atoms with Gasteiger partial charge in [-0.05, 0) is 37.3 Å². The first-order valence-corrected chi connectivity index (χ1v) is 6.87. The zero-order valence-corrected chi connectivity index (χ0v) is 11.1. The third-order valence-electron chi connectivity index (χ3n) is 3.69. The number of H-pyrrole nitrogens is 1. The maximum Gasteiger partial charge on any atom is 0.272 e. The molecule has 1 aliphatic carbocycles. The Bertz CT molecular complexity index is 634. The van der Waals surface area contributed by atoms with Crippen molar-refractivity contribution < 1.29 is 9.90 Å². The number of aryl methyl sites for hydroxylation is 1. The van der Waals surface area contributed by atoms with Crippen molar-refractivity contribution in [1.29, 1.82) is 0 Å². The van der Waals surface area contributed by atoms with Crippen LogP contribution in [0.3, 0.4) is 0 Å². The highest BCUT2D eigenvalue weighted by atomic mass is 16.3. The van der Waals surface area contributed by atoms with Crippen molar-refractivity contribution in [2.24, 2.45) is 0 Å². The molecule has 5 heteroatoms. The summed E-state index contributed by atoms with van der Waals surface area (Å²) < 4.78 is 0. The highest BCUT2D eigenvalue weighted by Crippen LogP contribution is 2.22. The topological polar surface area (TPSA) is 78.0 Å². The van der Waals surface area contributed by atoms with Crippen LogP contribution in [0.1, 0.15) is 33.7 Å². The molecule has 0 spiro atoms. The van der Waals surface area contributed by atoms with Gasteiger partial charge in [-0.25, -0.2) is 0 Å². The number of fused-ring (bicyclic) bond motifs is 1. The first-order chi connectivity index (χ1) is 9.75. The van der Waals surface area contributed by atoms with Crippen LogP contribution >= 0.6 is 0 Å². The standard InChI is InChI=1S/C15H17N3O2/c19-13-7-2-1-4-10(13)8-9-16-15(20)14-11-5-3-6-12(11)17-18-14/h1-2,4,7,19H,3,5-6,8-9H2,(H,16,20)(H,17,18). The number of para-hydroxylation sites is 1. The summed E-state index contributed by atoms with van der Waals surface area (Å²) in [6.07, 6.45) is 3.59. The second-order valence-electron chi connectivity index (χ2n) is 5.02. The Morgan fingerprint density at radius 3 is 3.05 bits per heavy atom. The van der Waals surface area contributed by atoms with Crippen molar-refractivity contribution >= 4 is 5.91 Å². The molecule has 0 radical (unpaired) electrons. The number of benzene rings is 1. The summed E-state index contributed by atoms with van der Waals surface area (Å²) in [7, 11) is 0. The maximum absolute atomic E-state index is 12.1. The molecule has 0 atom stereocenters. The SMILES string of the molecule is O=C(NCCc1ccccc1O)c1n[nH]c2c1CCC2. The first kappa shape index (κ1) is 12.7.